The zero-order chi connectivity index (χ0) is 22.8. The van der Waals surface area contributed by atoms with Crippen LogP contribution in [0.5, 0.6) is 5.75 Å². The molecule has 0 saturated carbocycles. The summed E-state index contributed by atoms with van der Waals surface area (Å²) in [5, 5.41) is 0. The molecule has 0 bridgehead atoms. The summed E-state index contributed by atoms with van der Waals surface area (Å²) in [6.45, 7) is 6.41. The lowest BCUT2D eigenvalue weighted by Gasteiger charge is -2.25. The van der Waals surface area contributed by atoms with Gasteiger partial charge in [0.15, 0.2) is 0 Å². The quantitative estimate of drug-likeness (QED) is 0.513. The Morgan fingerprint density at radius 2 is 1.47 bits per heavy atom. The summed E-state index contributed by atoms with van der Waals surface area (Å²) >= 11 is 0. The summed E-state index contributed by atoms with van der Waals surface area (Å²) in [7, 11) is 1.57. The van der Waals surface area contributed by atoms with E-state index in [0.29, 0.717) is 34.8 Å². The van der Waals surface area contributed by atoms with Crippen molar-refractivity contribution in [3.05, 3.63) is 95.2 Å². The lowest BCUT2D eigenvalue weighted by molar-refractivity contribution is -0.120. The molecule has 1 heterocycles. The van der Waals surface area contributed by atoms with E-state index >= 15 is 0 Å². The van der Waals surface area contributed by atoms with Crippen LogP contribution in [0.4, 0.5) is 11.4 Å². The van der Waals surface area contributed by atoms with Crippen molar-refractivity contribution in [3.8, 4) is 5.75 Å². The third-order valence-corrected chi connectivity index (χ3v) is 5.55. The zero-order valence-electron chi connectivity index (χ0n) is 18.8. The van der Waals surface area contributed by atoms with E-state index in [1.807, 2.05) is 92.4 Å². The predicted molar refractivity (Wildman–Crippen MR) is 128 cm³/mol. The Labute approximate surface area is 188 Å². The summed E-state index contributed by atoms with van der Waals surface area (Å²) in [6.07, 6.45) is 0. The van der Waals surface area contributed by atoms with E-state index in [4.69, 9.17) is 4.74 Å². The molecule has 0 spiro atoms. The number of ether oxygens (including phenoxy) is 1. The van der Waals surface area contributed by atoms with E-state index in [1.165, 1.54) is 4.90 Å². The predicted octanol–water partition coefficient (Wildman–Crippen LogP) is 5.12. The molecule has 32 heavy (non-hydrogen) atoms. The molecule has 1 aliphatic rings. The number of carbonyl (C=O) groups is 2. The van der Waals surface area contributed by atoms with Gasteiger partial charge >= 0.3 is 0 Å². The first kappa shape index (κ1) is 21.4. The fourth-order valence-corrected chi connectivity index (χ4v) is 4.25. The minimum absolute atomic E-state index is 0.341. The normalized spacial score (nSPS) is 13.7. The fourth-order valence-electron chi connectivity index (χ4n) is 4.25. The molecule has 0 fully saturated rings. The molecule has 2 amide bonds. The van der Waals surface area contributed by atoms with E-state index < -0.39 is 0 Å². The summed E-state index contributed by atoms with van der Waals surface area (Å²) in [5.74, 6) is -0.145. The van der Waals surface area contributed by atoms with Crippen LogP contribution in [-0.4, -0.2) is 25.5 Å². The monoisotopic (exact) mass is 426 g/mol. The van der Waals surface area contributed by atoms with Crippen molar-refractivity contribution in [2.24, 2.45) is 0 Å². The van der Waals surface area contributed by atoms with Crippen LogP contribution in [-0.2, 0) is 9.59 Å². The van der Waals surface area contributed by atoms with Gasteiger partial charge < -0.3 is 9.64 Å². The maximum Gasteiger partial charge on any atom is 0.282 e. The number of amides is 2. The number of hydrogen-bond donors (Lipinski definition) is 0. The molecule has 162 valence electrons. The second kappa shape index (κ2) is 8.71. The van der Waals surface area contributed by atoms with Gasteiger partial charge in [0, 0.05) is 17.8 Å². The summed E-state index contributed by atoms with van der Waals surface area (Å²) in [4.78, 5) is 30.9. The van der Waals surface area contributed by atoms with Gasteiger partial charge in [-0.05, 0) is 62.2 Å². The first-order valence-corrected chi connectivity index (χ1v) is 10.6. The highest BCUT2D eigenvalue weighted by atomic mass is 16.5. The van der Waals surface area contributed by atoms with Gasteiger partial charge in [-0.2, -0.15) is 0 Å². The Bertz CT molecular complexity index is 1190. The lowest BCUT2D eigenvalue weighted by Crippen LogP contribution is -2.35. The second-order valence-electron chi connectivity index (χ2n) is 7.80. The number of para-hydroxylation sites is 2. The molecule has 0 aliphatic carbocycles. The largest absolute Gasteiger partial charge is 0.496 e. The molecular weight excluding hydrogens is 400 g/mol. The van der Waals surface area contributed by atoms with Gasteiger partial charge in [0.2, 0.25) is 0 Å². The molecule has 5 nitrogen and oxygen atoms in total. The maximum atomic E-state index is 13.9. The fraction of sp³-hybridized carbons (Fsp3) is 0.185. The van der Waals surface area contributed by atoms with Crippen molar-refractivity contribution in [1.82, 2.24) is 0 Å². The van der Waals surface area contributed by atoms with Crippen LogP contribution in [0.3, 0.4) is 0 Å². The van der Waals surface area contributed by atoms with Crippen molar-refractivity contribution >= 4 is 28.8 Å². The van der Waals surface area contributed by atoms with E-state index in [1.54, 1.807) is 13.2 Å². The van der Waals surface area contributed by atoms with Crippen molar-refractivity contribution < 1.29 is 14.3 Å². The minimum Gasteiger partial charge on any atom is -0.496 e. The van der Waals surface area contributed by atoms with Gasteiger partial charge in [-0.25, -0.2) is 4.90 Å². The van der Waals surface area contributed by atoms with Gasteiger partial charge in [0.1, 0.15) is 11.4 Å². The third-order valence-electron chi connectivity index (χ3n) is 5.55. The van der Waals surface area contributed by atoms with Gasteiger partial charge in [0.05, 0.1) is 18.4 Å². The number of rotatable bonds is 6. The molecule has 3 aromatic rings. The number of aryl methyl sites for hydroxylation is 2. The molecule has 3 aromatic carbocycles. The summed E-state index contributed by atoms with van der Waals surface area (Å²) < 4.78 is 5.55. The van der Waals surface area contributed by atoms with Gasteiger partial charge in [-0.15, -0.1) is 0 Å². The van der Waals surface area contributed by atoms with Crippen LogP contribution < -0.4 is 14.5 Å². The van der Waals surface area contributed by atoms with E-state index in [9.17, 15) is 9.59 Å². The molecule has 0 N–H and O–H groups in total. The van der Waals surface area contributed by atoms with E-state index in [-0.39, 0.29) is 11.8 Å². The van der Waals surface area contributed by atoms with Crippen molar-refractivity contribution in [1.29, 1.82) is 0 Å². The molecular formula is C27H26N2O3. The highest BCUT2D eigenvalue weighted by Gasteiger charge is 2.43. The molecule has 4 rings (SSSR count). The molecule has 1 aliphatic heterocycles. The lowest BCUT2D eigenvalue weighted by atomic mass is 10.0. The van der Waals surface area contributed by atoms with Crippen LogP contribution >= 0.6 is 0 Å². The zero-order valence-corrected chi connectivity index (χ0v) is 18.8. The molecule has 0 atom stereocenters. The Hall–Kier alpha value is -3.86. The molecule has 0 aromatic heterocycles. The van der Waals surface area contributed by atoms with E-state index in [0.717, 1.165) is 16.8 Å². The second-order valence-corrected chi connectivity index (χ2v) is 7.80. The number of anilines is 2. The van der Waals surface area contributed by atoms with Crippen molar-refractivity contribution in [2.45, 2.75) is 20.8 Å². The van der Waals surface area contributed by atoms with Crippen LogP contribution in [0.2, 0.25) is 0 Å². The number of nitrogens with zero attached hydrogens (tertiary/aromatic N) is 2. The molecule has 5 heteroatoms. The minimum atomic E-state index is -0.353. The molecule has 0 unspecified atom stereocenters. The SMILES string of the molecule is CCN(C1=C(c2ccccc2OC)C(=O)N(c2cc(C)cc(C)c2)C1=O)c1ccccc1. The molecule has 0 saturated heterocycles. The Morgan fingerprint density at radius 3 is 2.09 bits per heavy atom. The maximum absolute atomic E-state index is 13.9. The Kier molecular flexibility index (Phi) is 5.82. The van der Waals surface area contributed by atoms with E-state index in [2.05, 4.69) is 0 Å². The first-order chi connectivity index (χ1) is 15.5. The Morgan fingerprint density at radius 1 is 0.844 bits per heavy atom. The summed E-state index contributed by atoms with van der Waals surface area (Å²) in [5.41, 5.74) is 4.70. The van der Waals surface area contributed by atoms with Crippen molar-refractivity contribution in [2.75, 3.05) is 23.5 Å². The van der Waals surface area contributed by atoms with Crippen LogP contribution in [0.1, 0.15) is 23.6 Å². The number of hydrogen-bond acceptors (Lipinski definition) is 4. The van der Waals surface area contributed by atoms with Crippen LogP contribution in [0, 0.1) is 13.8 Å². The Balaban J connectivity index is 1.96. The smallest absolute Gasteiger partial charge is 0.282 e. The van der Waals surface area contributed by atoms with Crippen LogP contribution in [0.15, 0.2) is 78.5 Å². The van der Waals surface area contributed by atoms with Gasteiger partial charge in [0.25, 0.3) is 11.8 Å². The number of likely N-dealkylation sites (N-methyl/N-ethyl adjacent to an activating group) is 1. The number of methoxy groups -OCH3 is 1. The average molecular weight is 427 g/mol. The molecule has 0 radical (unpaired) electrons. The van der Waals surface area contributed by atoms with Crippen LogP contribution in [0.25, 0.3) is 5.57 Å². The number of carbonyl (C=O) groups excluding carboxylic acids is 2. The first-order valence-electron chi connectivity index (χ1n) is 10.6. The number of imide groups is 1. The highest BCUT2D eigenvalue weighted by Crippen LogP contribution is 2.39. The van der Waals surface area contributed by atoms with Gasteiger partial charge in [-0.3, -0.25) is 9.59 Å². The standard InChI is InChI=1S/C27H26N2O3/c1-5-28(20-11-7-6-8-12-20)25-24(22-13-9-10-14-23(22)32-4)26(30)29(27(25)31)21-16-18(2)15-19(3)17-21/h6-17H,5H2,1-4H3. The van der Waals surface area contributed by atoms with Crippen molar-refractivity contribution in [3.63, 3.8) is 0 Å². The third kappa shape index (κ3) is 3.66. The summed E-state index contributed by atoms with van der Waals surface area (Å²) in [6, 6.07) is 22.7. The highest BCUT2D eigenvalue weighted by molar-refractivity contribution is 6.46. The van der Waals surface area contributed by atoms with Gasteiger partial charge in [-0.1, -0.05) is 42.5 Å². The average Bonchev–Trinajstić information content (AvgIpc) is 3.04. The topological polar surface area (TPSA) is 49.9 Å². The number of benzene rings is 3.